The van der Waals surface area contributed by atoms with E-state index in [1.165, 1.54) is 14.2 Å². The molecule has 0 fully saturated rings. The fourth-order valence-electron chi connectivity index (χ4n) is 1.65. The van der Waals surface area contributed by atoms with Gasteiger partial charge in [-0.25, -0.2) is 0 Å². The van der Waals surface area contributed by atoms with Gasteiger partial charge in [-0.2, -0.15) is 0 Å². The molecule has 1 aromatic rings. The first-order valence-electron chi connectivity index (χ1n) is 5.82. The normalized spacial score (nSPS) is 11.4. The second-order valence-electron chi connectivity index (χ2n) is 4.28. The van der Waals surface area contributed by atoms with Gasteiger partial charge in [0.15, 0.2) is 5.78 Å². The van der Waals surface area contributed by atoms with Crippen molar-refractivity contribution in [1.29, 1.82) is 0 Å². The van der Waals surface area contributed by atoms with Crippen LogP contribution in [-0.4, -0.2) is 32.8 Å². The van der Waals surface area contributed by atoms with Gasteiger partial charge in [0.1, 0.15) is 18.5 Å². The fraction of sp³-hybridized carbons (Fsp3) is 0.462. The number of carbonyl (C=O) groups is 1. The van der Waals surface area contributed by atoms with Gasteiger partial charge in [-0.1, -0.05) is 6.07 Å². The quantitative estimate of drug-likeness (QED) is 0.721. The highest BCUT2D eigenvalue weighted by Gasteiger charge is 2.25. The molecule has 106 valence electrons. The first-order valence-corrected chi connectivity index (χ1v) is 7.54. The molecule has 0 aliphatic rings. The Morgan fingerprint density at radius 1 is 1.11 bits per heavy atom. The predicted molar refractivity (Wildman–Crippen MR) is 72.9 cm³/mol. The van der Waals surface area contributed by atoms with E-state index in [1.807, 2.05) is 32.0 Å². The molecule has 0 spiro atoms. The Bertz CT molecular complexity index is 470. The van der Waals surface area contributed by atoms with Crippen LogP contribution in [-0.2, 0) is 18.4 Å². The van der Waals surface area contributed by atoms with Gasteiger partial charge >= 0.3 is 7.60 Å². The molecular formula is C13H19O5P. The van der Waals surface area contributed by atoms with Crippen molar-refractivity contribution in [3.05, 3.63) is 29.3 Å². The van der Waals surface area contributed by atoms with Crippen molar-refractivity contribution in [2.24, 2.45) is 0 Å². The Hall–Kier alpha value is -1.16. The SMILES string of the molecule is COP(=O)(CC(=O)COc1cc(C)cc(C)c1)OC. The summed E-state index contributed by atoms with van der Waals surface area (Å²) in [5, 5.41) is 0. The molecule has 0 atom stereocenters. The Morgan fingerprint density at radius 2 is 1.63 bits per heavy atom. The van der Waals surface area contributed by atoms with Crippen LogP contribution in [0.2, 0.25) is 0 Å². The minimum Gasteiger partial charge on any atom is -0.486 e. The molecule has 0 aliphatic carbocycles. The highest BCUT2D eigenvalue weighted by molar-refractivity contribution is 7.54. The lowest BCUT2D eigenvalue weighted by Gasteiger charge is -2.13. The van der Waals surface area contributed by atoms with E-state index in [0.717, 1.165) is 11.1 Å². The lowest BCUT2D eigenvalue weighted by molar-refractivity contribution is -0.118. The summed E-state index contributed by atoms with van der Waals surface area (Å²) in [6, 6.07) is 5.69. The Kier molecular flexibility index (Phi) is 5.73. The second-order valence-corrected chi connectivity index (χ2v) is 6.55. The number of benzene rings is 1. The molecule has 0 radical (unpaired) electrons. The van der Waals surface area contributed by atoms with E-state index < -0.39 is 7.60 Å². The first kappa shape index (κ1) is 15.9. The average Bonchev–Trinajstić information content (AvgIpc) is 2.35. The standard InChI is InChI=1S/C13H19O5P/c1-10-5-11(2)7-13(6-10)18-8-12(14)9-19(15,16-3)17-4/h5-7H,8-9H2,1-4H3. The average molecular weight is 286 g/mol. The molecule has 6 heteroatoms. The Morgan fingerprint density at radius 3 is 2.11 bits per heavy atom. The fourth-order valence-corrected chi connectivity index (χ4v) is 2.58. The number of ether oxygens (including phenoxy) is 1. The van der Waals surface area contributed by atoms with Crippen molar-refractivity contribution in [3.63, 3.8) is 0 Å². The van der Waals surface area contributed by atoms with Gasteiger partial charge in [0.05, 0.1) is 0 Å². The number of aryl methyl sites for hydroxylation is 2. The summed E-state index contributed by atoms with van der Waals surface area (Å²) in [6.45, 7) is 3.75. The number of rotatable bonds is 7. The van der Waals surface area contributed by atoms with Crippen molar-refractivity contribution in [1.82, 2.24) is 0 Å². The van der Waals surface area contributed by atoms with Gasteiger partial charge in [-0.15, -0.1) is 0 Å². The largest absolute Gasteiger partial charge is 0.486 e. The monoisotopic (exact) mass is 286 g/mol. The Balaban J connectivity index is 2.57. The van der Waals surface area contributed by atoms with Gasteiger partial charge < -0.3 is 13.8 Å². The summed E-state index contributed by atoms with van der Waals surface area (Å²) < 4.78 is 26.6. The zero-order chi connectivity index (χ0) is 14.5. The minimum atomic E-state index is -3.31. The molecular weight excluding hydrogens is 267 g/mol. The lowest BCUT2D eigenvalue weighted by Crippen LogP contribution is -2.16. The van der Waals surface area contributed by atoms with Crippen LogP contribution >= 0.6 is 7.60 Å². The molecule has 0 aromatic heterocycles. The first-order chi connectivity index (χ1) is 8.88. The smallest absolute Gasteiger partial charge is 0.337 e. The predicted octanol–water partition coefficient (Wildman–Crippen LogP) is 2.74. The molecule has 0 amide bonds. The van der Waals surface area contributed by atoms with Crippen LogP contribution in [0.4, 0.5) is 0 Å². The zero-order valence-corrected chi connectivity index (χ0v) is 12.5. The summed E-state index contributed by atoms with van der Waals surface area (Å²) in [5.74, 6) is 0.293. The van der Waals surface area contributed by atoms with Crippen LogP contribution in [0.15, 0.2) is 18.2 Å². The molecule has 0 unspecified atom stereocenters. The maximum absolute atomic E-state index is 11.8. The molecule has 1 aromatic carbocycles. The van der Waals surface area contributed by atoms with Crippen LogP contribution in [0.1, 0.15) is 11.1 Å². The molecule has 0 saturated carbocycles. The van der Waals surface area contributed by atoms with Gasteiger partial charge in [0.2, 0.25) is 0 Å². The highest BCUT2D eigenvalue weighted by Crippen LogP contribution is 2.45. The number of ketones is 1. The van der Waals surface area contributed by atoms with Gasteiger partial charge in [0, 0.05) is 14.2 Å². The van der Waals surface area contributed by atoms with Crippen molar-refractivity contribution in [2.75, 3.05) is 27.0 Å². The van der Waals surface area contributed by atoms with Gasteiger partial charge in [-0.05, 0) is 37.1 Å². The summed E-state index contributed by atoms with van der Waals surface area (Å²) in [7, 11) is -0.803. The molecule has 0 aliphatic heterocycles. The van der Waals surface area contributed by atoms with E-state index in [4.69, 9.17) is 13.8 Å². The van der Waals surface area contributed by atoms with Crippen molar-refractivity contribution in [3.8, 4) is 5.75 Å². The number of Topliss-reactive ketones (excluding diaryl/α,β-unsaturated/α-hetero) is 1. The van der Waals surface area contributed by atoms with E-state index in [9.17, 15) is 9.36 Å². The van der Waals surface area contributed by atoms with Crippen LogP contribution < -0.4 is 4.74 Å². The molecule has 0 N–H and O–H groups in total. The molecule has 5 nitrogen and oxygen atoms in total. The van der Waals surface area contributed by atoms with Crippen LogP contribution in [0, 0.1) is 13.8 Å². The van der Waals surface area contributed by atoms with E-state index in [2.05, 4.69) is 0 Å². The van der Waals surface area contributed by atoms with Gasteiger partial charge in [-0.3, -0.25) is 9.36 Å². The number of carbonyl (C=O) groups excluding carboxylic acids is 1. The third-order valence-electron chi connectivity index (χ3n) is 2.52. The number of hydrogen-bond acceptors (Lipinski definition) is 5. The molecule has 0 bridgehead atoms. The topological polar surface area (TPSA) is 61.8 Å². The van der Waals surface area contributed by atoms with Crippen molar-refractivity contribution < 1.29 is 23.1 Å². The summed E-state index contributed by atoms with van der Waals surface area (Å²) in [6.07, 6.45) is -0.287. The number of hydrogen-bond donors (Lipinski definition) is 0. The molecule has 19 heavy (non-hydrogen) atoms. The van der Waals surface area contributed by atoms with Gasteiger partial charge in [0.25, 0.3) is 0 Å². The van der Waals surface area contributed by atoms with Crippen LogP contribution in [0.3, 0.4) is 0 Å². The Labute approximate surface area is 113 Å². The lowest BCUT2D eigenvalue weighted by atomic mass is 10.1. The second kappa shape index (κ2) is 6.85. The molecule has 0 heterocycles. The summed E-state index contributed by atoms with van der Waals surface area (Å²) >= 11 is 0. The summed E-state index contributed by atoms with van der Waals surface area (Å²) in [5.41, 5.74) is 2.11. The third-order valence-corrected chi connectivity index (χ3v) is 4.37. The van der Waals surface area contributed by atoms with Crippen LogP contribution in [0.25, 0.3) is 0 Å². The minimum absolute atomic E-state index is 0.153. The van der Waals surface area contributed by atoms with E-state index >= 15 is 0 Å². The molecule has 1 rings (SSSR count). The van der Waals surface area contributed by atoms with Crippen molar-refractivity contribution in [2.45, 2.75) is 13.8 Å². The van der Waals surface area contributed by atoms with Crippen LogP contribution in [0.5, 0.6) is 5.75 Å². The van der Waals surface area contributed by atoms with Crippen molar-refractivity contribution >= 4 is 13.4 Å². The highest BCUT2D eigenvalue weighted by atomic mass is 31.2. The maximum atomic E-state index is 11.8. The van der Waals surface area contributed by atoms with E-state index in [1.54, 1.807) is 0 Å². The summed E-state index contributed by atoms with van der Waals surface area (Å²) in [4.78, 5) is 11.7. The third kappa shape index (κ3) is 5.15. The maximum Gasteiger partial charge on any atom is 0.337 e. The van der Waals surface area contributed by atoms with E-state index in [0.29, 0.717) is 5.75 Å². The van der Waals surface area contributed by atoms with E-state index in [-0.39, 0.29) is 18.6 Å². The molecule has 0 saturated heterocycles. The zero-order valence-electron chi connectivity index (χ0n) is 11.6.